The van der Waals surface area contributed by atoms with Crippen molar-refractivity contribution in [2.75, 3.05) is 6.61 Å². The summed E-state index contributed by atoms with van der Waals surface area (Å²) in [5, 5.41) is 8.89. The highest BCUT2D eigenvalue weighted by molar-refractivity contribution is 5.29. The van der Waals surface area contributed by atoms with E-state index in [0.717, 1.165) is 5.56 Å². The van der Waals surface area contributed by atoms with Gasteiger partial charge < -0.3 is 10.8 Å². The largest absolute Gasteiger partial charge is 0.394 e. The van der Waals surface area contributed by atoms with E-state index in [2.05, 4.69) is 32.9 Å². The van der Waals surface area contributed by atoms with E-state index in [-0.39, 0.29) is 18.1 Å². The first-order valence-corrected chi connectivity index (χ1v) is 4.92. The van der Waals surface area contributed by atoms with Gasteiger partial charge in [0.2, 0.25) is 0 Å². The topological polar surface area (TPSA) is 46.2 Å². The summed E-state index contributed by atoms with van der Waals surface area (Å²) < 4.78 is 0. The lowest BCUT2D eigenvalue weighted by atomic mass is 9.86. The normalized spacial score (nSPS) is 14.1. The fraction of sp³-hybridized carbons (Fsp3) is 0.500. The minimum Gasteiger partial charge on any atom is -0.394 e. The first-order valence-electron chi connectivity index (χ1n) is 4.92. The van der Waals surface area contributed by atoms with Gasteiger partial charge in [-0.15, -0.1) is 0 Å². The Bertz CT molecular complexity index is 284. The molecule has 0 fully saturated rings. The molecule has 1 atom stereocenters. The lowest BCUT2D eigenvalue weighted by Crippen LogP contribution is -2.15. The zero-order valence-corrected chi connectivity index (χ0v) is 9.12. The van der Waals surface area contributed by atoms with Crippen LogP contribution in [0.2, 0.25) is 0 Å². The molecule has 14 heavy (non-hydrogen) atoms. The number of hydrogen-bond donors (Lipinski definition) is 2. The number of nitrogens with two attached hydrogens (primary N) is 1. The van der Waals surface area contributed by atoms with Gasteiger partial charge >= 0.3 is 0 Å². The van der Waals surface area contributed by atoms with Crippen molar-refractivity contribution in [2.24, 2.45) is 5.73 Å². The fourth-order valence-corrected chi connectivity index (χ4v) is 1.34. The number of hydrogen-bond acceptors (Lipinski definition) is 2. The number of aliphatic hydroxyl groups excluding tert-OH is 1. The molecule has 1 aromatic carbocycles. The van der Waals surface area contributed by atoms with Crippen LogP contribution in [-0.2, 0) is 5.41 Å². The average molecular weight is 193 g/mol. The Balaban J connectivity index is 2.89. The van der Waals surface area contributed by atoms with Gasteiger partial charge in [0.1, 0.15) is 0 Å². The van der Waals surface area contributed by atoms with Gasteiger partial charge in [-0.3, -0.25) is 0 Å². The highest BCUT2D eigenvalue weighted by Crippen LogP contribution is 2.23. The van der Waals surface area contributed by atoms with Crippen LogP contribution in [0.3, 0.4) is 0 Å². The molecule has 0 radical (unpaired) electrons. The molecular weight excluding hydrogens is 174 g/mol. The lowest BCUT2D eigenvalue weighted by molar-refractivity contribution is 0.268. The standard InChI is InChI=1S/C12H19NO/c1-12(2,3)10-6-4-9(5-7-10)11(13)8-14/h4-7,11,14H,8,13H2,1-3H3. The molecule has 3 N–H and O–H groups in total. The molecule has 1 unspecified atom stereocenters. The maximum Gasteiger partial charge on any atom is 0.0624 e. The van der Waals surface area contributed by atoms with Crippen molar-refractivity contribution >= 4 is 0 Å². The Kier molecular flexibility index (Phi) is 3.29. The van der Waals surface area contributed by atoms with Crippen molar-refractivity contribution in [3.05, 3.63) is 35.4 Å². The SMILES string of the molecule is CC(C)(C)c1ccc(C(N)CO)cc1. The Morgan fingerprint density at radius 2 is 1.71 bits per heavy atom. The van der Waals surface area contributed by atoms with E-state index in [1.54, 1.807) is 0 Å². The molecule has 0 bridgehead atoms. The first kappa shape index (κ1) is 11.2. The zero-order chi connectivity index (χ0) is 10.8. The van der Waals surface area contributed by atoms with Gasteiger partial charge in [0.25, 0.3) is 0 Å². The van der Waals surface area contributed by atoms with Gasteiger partial charge in [-0.25, -0.2) is 0 Å². The van der Waals surface area contributed by atoms with Crippen LogP contribution < -0.4 is 5.73 Å². The zero-order valence-electron chi connectivity index (χ0n) is 9.12. The third-order valence-corrected chi connectivity index (χ3v) is 2.40. The van der Waals surface area contributed by atoms with Gasteiger partial charge in [-0.05, 0) is 16.5 Å². The second-order valence-electron chi connectivity index (χ2n) is 4.66. The van der Waals surface area contributed by atoms with E-state index >= 15 is 0 Å². The van der Waals surface area contributed by atoms with Crippen LogP contribution in [0.15, 0.2) is 24.3 Å². The molecule has 0 amide bonds. The van der Waals surface area contributed by atoms with E-state index in [4.69, 9.17) is 10.8 Å². The number of rotatable bonds is 2. The summed E-state index contributed by atoms with van der Waals surface area (Å²) in [5.74, 6) is 0. The van der Waals surface area contributed by atoms with Crippen molar-refractivity contribution in [3.63, 3.8) is 0 Å². The van der Waals surface area contributed by atoms with Crippen LogP contribution in [0.25, 0.3) is 0 Å². The third-order valence-electron chi connectivity index (χ3n) is 2.40. The third kappa shape index (κ3) is 2.56. The molecule has 0 heterocycles. The minimum atomic E-state index is -0.260. The summed E-state index contributed by atoms with van der Waals surface area (Å²) in [6.45, 7) is 6.52. The van der Waals surface area contributed by atoms with Crippen LogP contribution in [0.5, 0.6) is 0 Å². The van der Waals surface area contributed by atoms with E-state index in [1.807, 2.05) is 12.1 Å². The summed E-state index contributed by atoms with van der Waals surface area (Å²) in [4.78, 5) is 0. The Morgan fingerprint density at radius 3 is 2.07 bits per heavy atom. The highest BCUT2D eigenvalue weighted by Gasteiger charge is 2.13. The molecule has 0 aliphatic rings. The average Bonchev–Trinajstić information content (AvgIpc) is 2.15. The predicted octanol–water partition coefficient (Wildman–Crippen LogP) is 1.98. The van der Waals surface area contributed by atoms with Crippen molar-refractivity contribution in [1.29, 1.82) is 0 Å². The molecule has 0 aromatic heterocycles. The molecule has 0 saturated heterocycles. The van der Waals surface area contributed by atoms with Crippen LogP contribution >= 0.6 is 0 Å². The quantitative estimate of drug-likeness (QED) is 0.754. The van der Waals surface area contributed by atoms with E-state index in [9.17, 15) is 0 Å². The van der Waals surface area contributed by atoms with Crippen LogP contribution in [0.4, 0.5) is 0 Å². The van der Waals surface area contributed by atoms with Gasteiger partial charge in [-0.1, -0.05) is 45.0 Å². The van der Waals surface area contributed by atoms with Gasteiger partial charge in [-0.2, -0.15) is 0 Å². The Morgan fingerprint density at radius 1 is 1.21 bits per heavy atom. The second kappa shape index (κ2) is 4.11. The summed E-state index contributed by atoms with van der Waals surface area (Å²) in [5.41, 5.74) is 8.14. The summed E-state index contributed by atoms with van der Waals surface area (Å²) in [6.07, 6.45) is 0. The molecule has 0 aliphatic carbocycles. The van der Waals surface area contributed by atoms with Crippen molar-refractivity contribution in [3.8, 4) is 0 Å². The number of aliphatic hydroxyl groups is 1. The molecular formula is C12H19NO. The van der Waals surface area contributed by atoms with E-state index in [1.165, 1.54) is 5.56 Å². The highest BCUT2D eigenvalue weighted by atomic mass is 16.3. The molecule has 0 spiro atoms. The van der Waals surface area contributed by atoms with Crippen LogP contribution in [-0.4, -0.2) is 11.7 Å². The van der Waals surface area contributed by atoms with Crippen molar-refractivity contribution in [1.82, 2.24) is 0 Å². The molecule has 78 valence electrons. The summed E-state index contributed by atoms with van der Waals surface area (Å²) >= 11 is 0. The van der Waals surface area contributed by atoms with Crippen LogP contribution in [0.1, 0.15) is 37.9 Å². The molecule has 1 rings (SSSR count). The lowest BCUT2D eigenvalue weighted by Gasteiger charge is -2.19. The predicted molar refractivity (Wildman–Crippen MR) is 59.2 cm³/mol. The van der Waals surface area contributed by atoms with Gasteiger partial charge in [0.15, 0.2) is 0 Å². The maximum absolute atomic E-state index is 8.89. The molecule has 0 saturated carbocycles. The fourth-order valence-electron chi connectivity index (χ4n) is 1.34. The Hall–Kier alpha value is -0.860. The molecule has 0 aliphatic heterocycles. The van der Waals surface area contributed by atoms with E-state index < -0.39 is 0 Å². The van der Waals surface area contributed by atoms with Gasteiger partial charge in [0.05, 0.1) is 12.6 Å². The van der Waals surface area contributed by atoms with Gasteiger partial charge in [0, 0.05) is 0 Å². The van der Waals surface area contributed by atoms with Crippen molar-refractivity contribution < 1.29 is 5.11 Å². The smallest absolute Gasteiger partial charge is 0.0624 e. The minimum absolute atomic E-state index is 0.00509. The molecule has 2 nitrogen and oxygen atoms in total. The monoisotopic (exact) mass is 193 g/mol. The van der Waals surface area contributed by atoms with E-state index in [0.29, 0.717) is 0 Å². The molecule has 1 aromatic rings. The first-order chi connectivity index (χ1) is 6.45. The Labute approximate surface area is 85.8 Å². The number of benzene rings is 1. The second-order valence-corrected chi connectivity index (χ2v) is 4.66. The van der Waals surface area contributed by atoms with Crippen LogP contribution in [0, 0.1) is 0 Å². The molecule has 2 heteroatoms. The van der Waals surface area contributed by atoms with Crippen molar-refractivity contribution in [2.45, 2.75) is 32.2 Å². The maximum atomic E-state index is 8.89. The summed E-state index contributed by atoms with van der Waals surface area (Å²) in [7, 11) is 0. The summed E-state index contributed by atoms with van der Waals surface area (Å²) in [6, 6.07) is 7.86.